The molecule has 0 amide bonds. The summed E-state index contributed by atoms with van der Waals surface area (Å²) in [5, 5.41) is 19.1. The number of rotatable bonds is 5. The summed E-state index contributed by atoms with van der Waals surface area (Å²) in [6.07, 6.45) is 3.77. The lowest BCUT2D eigenvalue weighted by Gasteiger charge is -2.28. The molecule has 1 N–H and O–H groups in total. The Labute approximate surface area is 119 Å². The fourth-order valence-electron chi connectivity index (χ4n) is 2.82. The summed E-state index contributed by atoms with van der Waals surface area (Å²) in [6, 6.07) is 8.69. The van der Waals surface area contributed by atoms with E-state index in [4.69, 9.17) is 5.26 Å². The summed E-state index contributed by atoms with van der Waals surface area (Å²) in [5.41, 5.74) is 0.532. The molecule has 1 saturated carbocycles. The second-order valence-corrected chi connectivity index (χ2v) is 5.72. The van der Waals surface area contributed by atoms with E-state index in [0.717, 1.165) is 25.7 Å². The lowest BCUT2D eigenvalue weighted by atomic mass is 10.0. The van der Waals surface area contributed by atoms with E-state index >= 15 is 0 Å². The van der Waals surface area contributed by atoms with Crippen molar-refractivity contribution in [3.05, 3.63) is 35.4 Å². The first-order valence-corrected chi connectivity index (χ1v) is 6.97. The molecule has 0 heterocycles. The molecule has 2 rings (SSSR count). The molecular formula is C16H20N2O2. The van der Waals surface area contributed by atoms with Gasteiger partial charge in [0.1, 0.15) is 0 Å². The van der Waals surface area contributed by atoms with Gasteiger partial charge < -0.3 is 5.11 Å². The van der Waals surface area contributed by atoms with Crippen LogP contribution in [0.1, 0.15) is 41.6 Å². The van der Waals surface area contributed by atoms with Crippen molar-refractivity contribution in [3.8, 4) is 6.07 Å². The van der Waals surface area contributed by atoms with Crippen LogP contribution in [0.3, 0.4) is 0 Å². The van der Waals surface area contributed by atoms with E-state index in [9.17, 15) is 9.90 Å². The quantitative estimate of drug-likeness (QED) is 0.832. The normalized spacial score (nSPS) is 17.1. The van der Waals surface area contributed by atoms with Gasteiger partial charge in [-0.15, -0.1) is 0 Å². The van der Waals surface area contributed by atoms with Crippen LogP contribution in [0.15, 0.2) is 24.3 Å². The Morgan fingerprint density at radius 3 is 2.50 bits per heavy atom. The van der Waals surface area contributed by atoms with E-state index in [1.54, 1.807) is 24.3 Å². The van der Waals surface area contributed by atoms with Crippen molar-refractivity contribution in [2.45, 2.75) is 31.3 Å². The number of carbonyl (C=O) groups excluding carboxylic acids is 1. The van der Waals surface area contributed by atoms with Crippen molar-refractivity contribution < 1.29 is 9.90 Å². The highest BCUT2D eigenvalue weighted by Gasteiger charge is 2.32. The first kappa shape index (κ1) is 14.7. The smallest absolute Gasteiger partial charge is 0.176 e. The van der Waals surface area contributed by atoms with Crippen LogP contribution in [0.4, 0.5) is 0 Å². The third-order valence-electron chi connectivity index (χ3n) is 3.85. The lowest BCUT2D eigenvalue weighted by Crippen LogP contribution is -2.41. The van der Waals surface area contributed by atoms with Crippen molar-refractivity contribution in [1.82, 2.24) is 4.90 Å². The summed E-state index contributed by atoms with van der Waals surface area (Å²) in [5.74, 6) is 0.0126. The highest BCUT2D eigenvalue weighted by molar-refractivity contribution is 5.97. The summed E-state index contributed by atoms with van der Waals surface area (Å²) >= 11 is 0. The van der Waals surface area contributed by atoms with Crippen molar-refractivity contribution in [3.63, 3.8) is 0 Å². The van der Waals surface area contributed by atoms with Gasteiger partial charge in [0.25, 0.3) is 0 Å². The number of Topliss-reactive ketones (excluding diaryl/α,β-unsaturated/α-hetero) is 1. The van der Waals surface area contributed by atoms with Gasteiger partial charge in [-0.1, -0.05) is 25.0 Å². The van der Waals surface area contributed by atoms with E-state index < -0.39 is 5.60 Å². The third kappa shape index (κ3) is 3.66. The maximum atomic E-state index is 12.1. The Morgan fingerprint density at radius 2 is 1.95 bits per heavy atom. The van der Waals surface area contributed by atoms with Gasteiger partial charge in [0.15, 0.2) is 5.78 Å². The van der Waals surface area contributed by atoms with Crippen LogP contribution < -0.4 is 0 Å². The molecule has 20 heavy (non-hydrogen) atoms. The fourth-order valence-corrected chi connectivity index (χ4v) is 2.82. The van der Waals surface area contributed by atoms with Crippen LogP contribution in [0, 0.1) is 11.3 Å². The van der Waals surface area contributed by atoms with Gasteiger partial charge >= 0.3 is 0 Å². The number of hydrogen-bond acceptors (Lipinski definition) is 4. The van der Waals surface area contributed by atoms with Crippen molar-refractivity contribution in [2.24, 2.45) is 0 Å². The van der Waals surface area contributed by atoms with E-state index in [1.807, 2.05) is 18.0 Å². The van der Waals surface area contributed by atoms with E-state index in [-0.39, 0.29) is 12.3 Å². The predicted octanol–water partition coefficient (Wildman–Crippen LogP) is 1.98. The first-order valence-electron chi connectivity index (χ1n) is 6.97. The second-order valence-electron chi connectivity index (χ2n) is 5.72. The topological polar surface area (TPSA) is 64.3 Å². The zero-order valence-corrected chi connectivity index (χ0v) is 11.8. The van der Waals surface area contributed by atoms with Gasteiger partial charge in [0.05, 0.1) is 23.8 Å². The molecule has 1 aromatic carbocycles. The zero-order chi connectivity index (χ0) is 14.6. The predicted molar refractivity (Wildman–Crippen MR) is 76.4 cm³/mol. The van der Waals surface area contributed by atoms with Crippen LogP contribution in [-0.4, -0.2) is 41.5 Å². The molecule has 0 aliphatic heterocycles. The van der Waals surface area contributed by atoms with Gasteiger partial charge in [-0.25, -0.2) is 0 Å². The van der Waals surface area contributed by atoms with E-state index in [2.05, 4.69) is 0 Å². The molecule has 4 nitrogen and oxygen atoms in total. The second kappa shape index (κ2) is 6.17. The van der Waals surface area contributed by atoms with Crippen molar-refractivity contribution >= 4 is 5.78 Å². The van der Waals surface area contributed by atoms with Gasteiger partial charge in [0, 0.05) is 12.1 Å². The number of hydrogen-bond donors (Lipinski definition) is 1. The average molecular weight is 272 g/mol. The molecule has 0 spiro atoms. The molecule has 0 atom stereocenters. The maximum Gasteiger partial charge on any atom is 0.176 e. The minimum absolute atomic E-state index is 0.0126. The number of aliphatic hydroxyl groups is 1. The van der Waals surface area contributed by atoms with Crippen LogP contribution in [0.2, 0.25) is 0 Å². The summed E-state index contributed by atoms with van der Waals surface area (Å²) in [6.45, 7) is 0.823. The highest BCUT2D eigenvalue weighted by Crippen LogP contribution is 2.29. The SMILES string of the molecule is CN(CC(=O)c1ccc(C#N)cc1)CC1(O)CCCC1. The van der Waals surface area contributed by atoms with E-state index in [1.165, 1.54) is 0 Å². The maximum absolute atomic E-state index is 12.1. The molecule has 0 saturated heterocycles. The van der Waals surface area contributed by atoms with Gasteiger partial charge in [-0.05, 0) is 32.0 Å². The molecule has 0 radical (unpaired) electrons. The van der Waals surface area contributed by atoms with Crippen LogP contribution >= 0.6 is 0 Å². The summed E-state index contributed by atoms with van der Waals surface area (Å²) < 4.78 is 0. The Morgan fingerprint density at radius 1 is 1.35 bits per heavy atom. The monoisotopic (exact) mass is 272 g/mol. The molecule has 0 bridgehead atoms. The standard InChI is InChI=1S/C16H20N2O2/c1-18(12-16(20)8-2-3-9-16)11-15(19)14-6-4-13(10-17)5-7-14/h4-7,20H,2-3,8-9,11-12H2,1H3. The average Bonchev–Trinajstić information content (AvgIpc) is 2.84. The molecular weight excluding hydrogens is 252 g/mol. The van der Waals surface area contributed by atoms with Crippen LogP contribution in [0.25, 0.3) is 0 Å². The number of ketones is 1. The van der Waals surface area contributed by atoms with Crippen molar-refractivity contribution in [2.75, 3.05) is 20.1 Å². The van der Waals surface area contributed by atoms with Gasteiger partial charge in [-0.2, -0.15) is 5.26 Å². The molecule has 106 valence electrons. The Bertz CT molecular complexity index is 510. The number of likely N-dealkylation sites (N-methyl/N-ethyl adjacent to an activating group) is 1. The minimum Gasteiger partial charge on any atom is -0.389 e. The van der Waals surface area contributed by atoms with Gasteiger partial charge in [0.2, 0.25) is 0 Å². The number of carbonyl (C=O) groups is 1. The Hall–Kier alpha value is -1.70. The largest absolute Gasteiger partial charge is 0.389 e. The van der Waals surface area contributed by atoms with Gasteiger partial charge in [-0.3, -0.25) is 9.69 Å². The Kier molecular flexibility index (Phi) is 4.53. The number of benzene rings is 1. The zero-order valence-electron chi connectivity index (χ0n) is 11.8. The minimum atomic E-state index is -0.625. The Balaban J connectivity index is 1.91. The molecule has 1 fully saturated rings. The molecule has 1 aromatic rings. The molecule has 4 heteroatoms. The van der Waals surface area contributed by atoms with Crippen LogP contribution in [0.5, 0.6) is 0 Å². The van der Waals surface area contributed by atoms with E-state index in [0.29, 0.717) is 17.7 Å². The molecule has 1 aliphatic carbocycles. The fraction of sp³-hybridized carbons (Fsp3) is 0.500. The molecule has 0 unspecified atom stereocenters. The highest BCUT2D eigenvalue weighted by atomic mass is 16.3. The molecule has 1 aliphatic rings. The summed E-state index contributed by atoms with van der Waals surface area (Å²) in [4.78, 5) is 14.0. The van der Waals surface area contributed by atoms with Crippen LogP contribution in [-0.2, 0) is 0 Å². The number of nitriles is 1. The lowest BCUT2D eigenvalue weighted by molar-refractivity contribution is 0.0172. The molecule has 0 aromatic heterocycles. The van der Waals surface area contributed by atoms with Crippen molar-refractivity contribution in [1.29, 1.82) is 5.26 Å². The first-order chi connectivity index (χ1) is 9.52. The third-order valence-corrected chi connectivity index (χ3v) is 3.85. The number of nitrogens with zero attached hydrogens (tertiary/aromatic N) is 2. The summed E-state index contributed by atoms with van der Waals surface area (Å²) in [7, 11) is 1.86.